The van der Waals surface area contributed by atoms with Crippen LogP contribution in [0.1, 0.15) is 38.7 Å². The first-order chi connectivity index (χ1) is 11.2. The average Bonchev–Trinajstić information content (AvgIpc) is 3.13. The summed E-state index contributed by atoms with van der Waals surface area (Å²) >= 11 is 5.91. The monoisotopic (exact) mass is 351 g/mol. The van der Waals surface area contributed by atoms with E-state index in [1.807, 2.05) is 20.8 Å². The molecule has 1 saturated heterocycles. The van der Waals surface area contributed by atoms with Crippen molar-refractivity contribution >= 4 is 23.7 Å². The number of nitrogens with zero attached hydrogens (tertiary/aromatic N) is 1. The van der Waals surface area contributed by atoms with Crippen LogP contribution in [-0.2, 0) is 9.53 Å². The zero-order valence-electron chi connectivity index (χ0n) is 14.0. The number of ether oxygens (including phenoxy) is 1. The molecule has 1 aromatic carbocycles. The van der Waals surface area contributed by atoms with Crippen LogP contribution in [0.3, 0.4) is 0 Å². The molecule has 3 rings (SSSR count). The molecule has 2 fully saturated rings. The van der Waals surface area contributed by atoms with Crippen molar-refractivity contribution < 1.29 is 19.4 Å². The van der Waals surface area contributed by atoms with Crippen LogP contribution in [0.15, 0.2) is 24.3 Å². The van der Waals surface area contributed by atoms with Crippen LogP contribution < -0.4 is 0 Å². The molecular weight excluding hydrogens is 330 g/mol. The van der Waals surface area contributed by atoms with Crippen LogP contribution in [-0.4, -0.2) is 40.3 Å². The van der Waals surface area contributed by atoms with Gasteiger partial charge in [-0.2, -0.15) is 0 Å². The Balaban J connectivity index is 1.89. The van der Waals surface area contributed by atoms with Crippen LogP contribution in [0.5, 0.6) is 0 Å². The fourth-order valence-electron chi connectivity index (χ4n) is 3.60. The summed E-state index contributed by atoms with van der Waals surface area (Å²) in [6.45, 7) is 6.00. The molecule has 6 heteroatoms. The maximum absolute atomic E-state index is 12.5. The molecule has 24 heavy (non-hydrogen) atoms. The van der Waals surface area contributed by atoms with Crippen LogP contribution in [0.2, 0.25) is 5.02 Å². The van der Waals surface area contributed by atoms with Gasteiger partial charge in [0.15, 0.2) is 0 Å². The van der Waals surface area contributed by atoms with E-state index in [1.165, 1.54) is 0 Å². The number of benzene rings is 1. The first-order valence-electron chi connectivity index (χ1n) is 8.15. The maximum Gasteiger partial charge on any atom is 0.410 e. The van der Waals surface area contributed by atoms with Gasteiger partial charge < -0.3 is 14.7 Å². The number of rotatable bonds is 3. The van der Waals surface area contributed by atoms with Gasteiger partial charge in [0.05, 0.1) is 6.04 Å². The van der Waals surface area contributed by atoms with Crippen LogP contribution in [0, 0.1) is 11.8 Å². The van der Waals surface area contributed by atoms with Crippen molar-refractivity contribution in [3.8, 4) is 0 Å². The summed E-state index contributed by atoms with van der Waals surface area (Å²) in [6.07, 6.45) is 0.543. The first-order valence-corrected chi connectivity index (χ1v) is 8.53. The highest BCUT2D eigenvalue weighted by atomic mass is 35.5. The molecule has 1 unspecified atom stereocenters. The highest BCUT2D eigenvalue weighted by molar-refractivity contribution is 6.30. The Hall–Kier alpha value is -1.75. The third kappa shape index (κ3) is 3.36. The summed E-state index contributed by atoms with van der Waals surface area (Å²) in [5.74, 6) is -1.08. The van der Waals surface area contributed by atoms with Crippen LogP contribution >= 0.6 is 11.6 Å². The molecule has 0 aromatic heterocycles. The molecule has 1 aromatic rings. The smallest absolute Gasteiger partial charge is 0.410 e. The van der Waals surface area contributed by atoms with Gasteiger partial charge in [-0.15, -0.1) is 0 Å². The van der Waals surface area contributed by atoms with Crippen molar-refractivity contribution in [3.63, 3.8) is 0 Å². The quantitative estimate of drug-likeness (QED) is 0.900. The lowest BCUT2D eigenvalue weighted by molar-refractivity contribution is -0.140. The minimum atomic E-state index is -0.927. The minimum absolute atomic E-state index is 0.231. The summed E-state index contributed by atoms with van der Waals surface area (Å²) in [5, 5.41) is 10.4. The van der Waals surface area contributed by atoms with E-state index < -0.39 is 23.6 Å². The van der Waals surface area contributed by atoms with E-state index in [-0.39, 0.29) is 12.0 Å². The summed E-state index contributed by atoms with van der Waals surface area (Å²) in [4.78, 5) is 26.1. The Morgan fingerprint density at radius 1 is 1.29 bits per heavy atom. The number of carbonyl (C=O) groups is 2. The zero-order valence-corrected chi connectivity index (χ0v) is 14.8. The Morgan fingerprint density at radius 3 is 2.46 bits per heavy atom. The van der Waals surface area contributed by atoms with Gasteiger partial charge in [-0.1, -0.05) is 23.7 Å². The number of carboxylic acid groups (broad SMARTS) is 1. The van der Waals surface area contributed by atoms with Crippen LogP contribution in [0.25, 0.3) is 0 Å². The van der Waals surface area contributed by atoms with Gasteiger partial charge in [0.2, 0.25) is 0 Å². The molecule has 1 N–H and O–H groups in total. The summed E-state index contributed by atoms with van der Waals surface area (Å²) in [6, 6.07) is 6.45. The lowest BCUT2D eigenvalue weighted by Gasteiger charge is -2.33. The number of carbonyl (C=O) groups excluding carboxylic acids is 1. The molecule has 1 aliphatic carbocycles. The normalized spacial score (nSPS) is 26.7. The van der Waals surface area contributed by atoms with Crippen LogP contribution in [0.4, 0.5) is 4.79 Å². The first kappa shape index (κ1) is 17.1. The molecule has 1 amide bonds. The Kier molecular flexibility index (Phi) is 4.24. The molecule has 1 heterocycles. The number of fused-ring (bicyclic) bond motifs is 1. The van der Waals surface area contributed by atoms with Gasteiger partial charge >= 0.3 is 12.1 Å². The predicted molar refractivity (Wildman–Crippen MR) is 90.2 cm³/mol. The van der Waals surface area contributed by atoms with E-state index in [0.717, 1.165) is 6.42 Å². The van der Waals surface area contributed by atoms with Crippen molar-refractivity contribution in [2.75, 3.05) is 6.54 Å². The third-order valence-corrected chi connectivity index (χ3v) is 4.92. The fraction of sp³-hybridized carbons (Fsp3) is 0.556. The van der Waals surface area contributed by atoms with E-state index >= 15 is 0 Å². The van der Waals surface area contributed by atoms with Gasteiger partial charge in [0, 0.05) is 11.6 Å². The summed E-state index contributed by atoms with van der Waals surface area (Å²) in [7, 11) is 0. The molecule has 2 aliphatic rings. The lowest BCUT2D eigenvalue weighted by atomic mass is 9.88. The van der Waals surface area contributed by atoms with Crippen molar-refractivity contribution in [2.45, 2.75) is 44.8 Å². The largest absolute Gasteiger partial charge is 0.481 e. The molecular formula is C18H22ClNO4. The highest BCUT2D eigenvalue weighted by Crippen LogP contribution is 2.53. The fourth-order valence-corrected chi connectivity index (χ4v) is 3.73. The predicted octanol–water partition coefficient (Wildman–Crippen LogP) is 3.76. The van der Waals surface area contributed by atoms with Gasteiger partial charge in [-0.3, -0.25) is 4.79 Å². The maximum atomic E-state index is 12.5. The number of piperidine rings is 1. The van der Waals surface area contributed by atoms with E-state index in [0.29, 0.717) is 23.0 Å². The summed E-state index contributed by atoms with van der Waals surface area (Å²) in [5.41, 5.74) is 0.0611. The molecule has 0 radical (unpaired) electrons. The molecule has 130 valence electrons. The minimum Gasteiger partial charge on any atom is -0.481 e. The van der Waals surface area contributed by atoms with Gasteiger partial charge in [0.1, 0.15) is 11.5 Å². The number of amides is 1. The lowest BCUT2D eigenvalue weighted by Crippen LogP contribution is -2.46. The molecule has 4 atom stereocenters. The van der Waals surface area contributed by atoms with Gasteiger partial charge in [-0.05, 0) is 56.7 Å². The van der Waals surface area contributed by atoms with Crippen molar-refractivity contribution in [1.82, 2.24) is 4.90 Å². The number of carboxylic acids is 1. The Bertz CT molecular complexity index is 652. The Labute approximate surface area is 146 Å². The second-order valence-corrected chi connectivity index (χ2v) is 8.09. The molecule has 5 nitrogen and oxygen atoms in total. The molecule has 0 spiro atoms. The second-order valence-electron chi connectivity index (χ2n) is 7.65. The summed E-state index contributed by atoms with van der Waals surface area (Å²) < 4.78 is 5.48. The number of likely N-dealkylation sites (tertiary alicyclic amines) is 1. The van der Waals surface area contributed by atoms with Crippen molar-refractivity contribution in [3.05, 3.63) is 34.9 Å². The van der Waals surface area contributed by atoms with E-state index in [9.17, 15) is 14.7 Å². The van der Waals surface area contributed by atoms with Gasteiger partial charge in [0.25, 0.3) is 0 Å². The van der Waals surface area contributed by atoms with Crippen molar-refractivity contribution in [1.29, 1.82) is 0 Å². The zero-order chi connectivity index (χ0) is 17.6. The number of halogens is 1. The van der Waals surface area contributed by atoms with E-state index in [1.54, 1.807) is 29.2 Å². The molecule has 1 aliphatic heterocycles. The standard InChI is InChI=1S/C18H22ClNO4/c1-18(2,3)24-17(23)20-9-11-8-13(11)15(20)14(16(21)22)10-4-6-12(19)7-5-10/h4-7,11,13-15H,8-9H2,1-3H3,(H,21,22)/t11?,13-,14-,15-/m0/s1. The number of aliphatic carboxylic acids is 1. The van der Waals surface area contributed by atoms with E-state index in [4.69, 9.17) is 16.3 Å². The number of hydrogen-bond donors (Lipinski definition) is 1. The average molecular weight is 352 g/mol. The molecule has 1 saturated carbocycles. The third-order valence-electron chi connectivity index (χ3n) is 4.67. The number of hydrogen-bond acceptors (Lipinski definition) is 3. The Morgan fingerprint density at radius 2 is 1.92 bits per heavy atom. The second kappa shape index (κ2) is 5.96. The SMILES string of the molecule is CC(C)(C)OC(=O)N1CC2C[C@@H]2[C@H]1[C@@H](C(=O)O)c1ccc(Cl)cc1. The topological polar surface area (TPSA) is 66.8 Å². The van der Waals surface area contributed by atoms with E-state index in [2.05, 4.69) is 0 Å². The molecule has 0 bridgehead atoms. The van der Waals surface area contributed by atoms with Crippen molar-refractivity contribution in [2.24, 2.45) is 11.8 Å². The van der Waals surface area contributed by atoms with Gasteiger partial charge in [-0.25, -0.2) is 4.79 Å². The highest BCUT2D eigenvalue weighted by Gasteiger charge is 2.58.